The fourth-order valence-corrected chi connectivity index (χ4v) is 2.17. The van der Waals surface area contributed by atoms with Crippen molar-refractivity contribution in [3.63, 3.8) is 0 Å². The zero-order valence-corrected chi connectivity index (χ0v) is 10.8. The third-order valence-corrected chi connectivity index (χ3v) is 2.90. The van der Waals surface area contributed by atoms with E-state index in [0.717, 1.165) is 17.3 Å². The van der Waals surface area contributed by atoms with Gasteiger partial charge in [0.05, 0.1) is 17.9 Å². The van der Waals surface area contributed by atoms with Crippen molar-refractivity contribution in [2.24, 2.45) is 0 Å². The van der Waals surface area contributed by atoms with E-state index in [4.69, 9.17) is 0 Å². The lowest BCUT2D eigenvalue weighted by atomic mass is 10.3. The van der Waals surface area contributed by atoms with Crippen LogP contribution in [0.5, 0.6) is 0 Å². The van der Waals surface area contributed by atoms with Crippen molar-refractivity contribution in [3.05, 3.63) is 24.5 Å². The highest BCUT2D eigenvalue weighted by atomic mass is 35.5. The summed E-state index contributed by atoms with van der Waals surface area (Å²) in [5.41, 5.74) is 0.746. The Hall–Kier alpha value is -0.490. The summed E-state index contributed by atoms with van der Waals surface area (Å²) in [7, 11) is 0. The quantitative estimate of drug-likeness (QED) is 0.863. The van der Waals surface area contributed by atoms with E-state index in [1.54, 1.807) is 30.2 Å². The number of carbonyl (C=O) groups is 1. The number of nitrogens with one attached hydrogen (secondary N) is 2. The number of carbonyl (C=O) groups excluding carboxylic acids is 1. The van der Waals surface area contributed by atoms with Gasteiger partial charge in [-0.2, -0.15) is 0 Å². The third-order valence-electron chi connectivity index (χ3n) is 1.96. The number of hydrogen-bond acceptors (Lipinski definition) is 4. The molecule has 2 N–H and O–H groups in total. The summed E-state index contributed by atoms with van der Waals surface area (Å²) in [6, 6.07) is 3.56. The number of pyridine rings is 1. The van der Waals surface area contributed by atoms with Crippen LogP contribution in [-0.4, -0.2) is 28.6 Å². The Morgan fingerprint density at radius 3 is 2.94 bits per heavy atom. The van der Waals surface area contributed by atoms with E-state index in [-0.39, 0.29) is 36.8 Å². The number of nitrogens with zero attached hydrogens (tertiary/aromatic N) is 1. The Balaban J connectivity index is 0.00000112. The molecule has 0 radical (unpaired) electrons. The van der Waals surface area contributed by atoms with Crippen LogP contribution in [-0.2, 0) is 4.79 Å². The van der Waals surface area contributed by atoms with Gasteiger partial charge in [-0.1, -0.05) is 0 Å². The molecule has 0 spiro atoms. The number of aromatic nitrogens is 1. The predicted octanol–water partition coefficient (Wildman–Crippen LogP) is 1.53. The molecule has 0 aromatic carbocycles. The molecule has 1 fully saturated rings. The van der Waals surface area contributed by atoms with Gasteiger partial charge >= 0.3 is 0 Å². The summed E-state index contributed by atoms with van der Waals surface area (Å²) in [5, 5.41) is 5.91. The molecule has 16 heavy (non-hydrogen) atoms. The average molecular weight is 282 g/mol. The van der Waals surface area contributed by atoms with E-state index in [2.05, 4.69) is 15.6 Å². The van der Waals surface area contributed by atoms with Crippen LogP contribution < -0.4 is 10.6 Å². The molecular weight excluding hydrogens is 269 g/mol. The fourth-order valence-electron chi connectivity index (χ4n) is 1.23. The molecule has 0 bridgehead atoms. The molecule has 1 aliphatic heterocycles. The zero-order valence-electron chi connectivity index (χ0n) is 8.38. The van der Waals surface area contributed by atoms with Gasteiger partial charge in [0.1, 0.15) is 0 Å². The van der Waals surface area contributed by atoms with Crippen molar-refractivity contribution in [1.29, 1.82) is 0 Å². The molecule has 7 heteroatoms. The number of rotatable bonds is 2. The van der Waals surface area contributed by atoms with E-state index < -0.39 is 0 Å². The minimum atomic E-state index is -0.0693. The molecule has 1 aromatic rings. The van der Waals surface area contributed by atoms with Crippen molar-refractivity contribution in [1.82, 2.24) is 10.3 Å². The molecule has 1 unspecified atom stereocenters. The SMILES string of the molecule is Cl.Cl.O=C(Nc1cccnc1)C1CSCN1. The molecule has 1 atom stereocenters. The third kappa shape index (κ3) is 4.17. The van der Waals surface area contributed by atoms with Crippen LogP contribution in [0.3, 0.4) is 0 Å². The Bertz CT molecular complexity index is 320. The lowest BCUT2D eigenvalue weighted by Gasteiger charge is -2.09. The van der Waals surface area contributed by atoms with Gasteiger partial charge in [0.25, 0.3) is 0 Å². The molecule has 2 rings (SSSR count). The highest BCUT2D eigenvalue weighted by Crippen LogP contribution is 2.11. The maximum Gasteiger partial charge on any atom is 0.242 e. The zero-order chi connectivity index (χ0) is 9.80. The summed E-state index contributed by atoms with van der Waals surface area (Å²) in [6.07, 6.45) is 3.32. The molecular formula is C9H13Cl2N3OS. The van der Waals surface area contributed by atoms with Gasteiger partial charge in [-0.3, -0.25) is 15.1 Å². The molecule has 90 valence electrons. The summed E-state index contributed by atoms with van der Waals surface area (Å²) in [5.74, 6) is 1.71. The normalized spacial score (nSPS) is 18.1. The smallest absolute Gasteiger partial charge is 0.242 e. The Morgan fingerprint density at radius 2 is 2.38 bits per heavy atom. The van der Waals surface area contributed by atoms with Crippen molar-refractivity contribution in [2.45, 2.75) is 6.04 Å². The average Bonchev–Trinajstić information content (AvgIpc) is 2.72. The van der Waals surface area contributed by atoms with Gasteiger partial charge in [0, 0.05) is 17.8 Å². The van der Waals surface area contributed by atoms with E-state index >= 15 is 0 Å². The lowest BCUT2D eigenvalue weighted by Crippen LogP contribution is -2.37. The van der Waals surface area contributed by atoms with E-state index in [1.165, 1.54) is 0 Å². The molecule has 0 aliphatic carbocycles. The van der Waals surface area contributed by atoms with Crippen molar-refractivity contribution in [3.8, 4) is 0 Å². The van der Waals surface area contributed by atoms with Crippen molar-refractivity contribution in [2.75, 3.05) is 16.9 Å². The van der Waals surface area contributed by atoms with E-state index in [1.807, 2.05) is 6.07 Å². The molecule has 2 heterocycles. The Kier molecular flexibility index (Phi) is 7.49. The lowest BCUT2D eigenvalue weighted by molar-refractivity contribution is -0.117. The van der Waals surface area contributed by atoms with Gasteiger partial charge in [0.2, 0.25) is 5.91 Å². The molecule has 1 saturated heterocycles. The number of hydrogen-bond donors (Lipinski definition) is 2. The Morgan fingerprint density at radius 1 is 1.56 bits per heavy atom. The minimum absolute atomic E-state index is 0. The number of thioether (sulfide) groups is 1. The van der Waals surface area contributed by atoms with E-state index in [9.17, 15) is 4.79 Å². The number of halogens is 2. The largest absolute Gasteiger partial charge is 0.323 e. The van der Waals surface area contributed by atoms with Gasteiger partial charge in [-0.15, -0.1) is 36.6 Å². The first-order chi connectivity index (χ1) is 6.86. The van der Waals surface area contributed by atoms with Crippen LogP contribution >= 0.6 is 36.6 Å². The summed E-state index contributed by atoms with van der Waals surface area (Å²) >= 11 is 1.73. The molecule has 1 aromatic heterocycles. The summed E-state index contributed by atoms with van der Waals surface area (Å²) in [6.45, 7) is 0. The van der Waals surface area contributed by atoms with Gasteiger partial charge in [-0.05, 0) is 12.1 Å². The molecule has 1 amide bonds. The monoisotopic (exact) mass is 281 g/mol. The van der Waals surface area contributed by atoms with Crippen LogP contribution in [0.15, 0.2) is 24.5 Å². The summed E-state index contributed by atoms with van der Waals surface area (Å²) < 4.78 is 0. The first-order valence-electron chi connectivity index (χ1n) is 4.38. The van der Waals surface area contributed by atoms with Crippen molar-refractivity contribution >= 4 is 48.2 Å². The second-order valence-electron chi connectivity index (χ2n) is 3.00. The fraction of sp³-hybridized carbons (Fsp3) is 0.333. The van der Waals surface area contributed by atoms with Gasteiger partial charge in [-0.25, -0.2) is 0 Å². The predicted molar refractivity (Wildman–Crippen MR) is 71.6 cm³/mol. The minimum Gasteiger partial charge on any atom is -0.323 e. The van der Waals surface area contributed by atoms with Gasteiger partial charge < -0.3 is 5.32 Å². The second-order valence-corrected chi connectivity index (χ2v) is 4.03. The highest BCUT2D eigenvalue weighted by molar-refractivity contribution is 7.99. The van der Waals surface area contributed by atoms with E-state index in [0.29, 0.717) is 0 Å². The van der Waals surface area contributed by atoms with Gasteiger partial charge in [0.15, 0.2) is 0 Å². The summed E-state index contributed by atoms with van der Waals surface area (Å²) in [4.78, 5) is 15.5. The first kappa shape index (κ1) is 15.5. The maximum absolute atomic E-state index is 11.6. The maximum atomic E-state index is 11.6. The van der Waals surface area contributed by atoms with Crippen molar-refractivity contribution < 1.29 is 4.79 Å². The highest BCUT2D eigenvalue weighted by Gasteiger charge is 2.22. The number of anilines is 1. The molecule has 1 aliphatic rings. The van der Waals surface area contributed by atoms with Crippen LogP contribution in [0.25, 0.3) is 0 Å². The number of amides is 1. The topological polar surface area (TPSA) is 54.0 Å². The van der Waals surface area contributed by atoms with Crippen LogP contribution in [0.1, 0.15) is 0 Å². The molecule has 4 nitrogen and oxygen atoms in total. The Labute approximate surface area is 111 Å². The first-order valence-corrected chi connectivity index (χ1v) is 5.54. The second kappa shape index (κ2) is 7.73. The van der Waals surface area contributed by atoms with Crippen LogP contribution in [0, 0.1) is 0 Å². The van der Waals surface area contributed by atoms with Crippen LogP contribution in [0.2, 0.25) is 0 Å². The molecule has 0 saturated carbocycles. The van der Waals surface area contributed by atoms with Crippen LogP contribution in [0.4, 0.5) is 5.69 Å². The standard InChI is InChI=1S/C9H11N3OS.2ClH/c13-9(8-5-14-6-11-8)12-7-2-1-3-10-4-7;;/h1-4,8,11H,5-6H2,(H,12,13);2*1H.